The van der Waals surface area contributed by atoms with Crippen molar-refractivity contribution in [1.82, 2.24) is 10.2 Å². The van der Waals surface area contributed by atoms with Crippen molar-refractivity contribution >= 4 is 0 Å². The molecule has 5 heteroatoms. The van der Waals surface area contributed by atoms with E-state index in [1.54, 1.807) is 0 Å². The van der Waals surface area contributed by atoms with Gasteiger partial charge in [0.2, 0.25) is 0 Å². The largest absolute Gasteiger partial charge is 0.319 e. The van der Waals surface area contributed by atoms with Gasteiger partial charge >= 0.3 is 0 Å². The molecule has 0 radical (unpaired) electrons. The van der Waals surface area contributed by atoms with E-state index in [0.717, 1.165) is 51.0 Å². The second-order valence-electron chi connectivity index (χ2n) is 5.69. The first-order valence-electron chi connectivity index (χ1n) is 7.61. The minimum Gasteiger partial charge on any atom is -0.319 e. The Bertz CT molecular complexity index is 456. The molecular weight excluding hydrogens is 277 g/mol. The number of halogens is 3. The second kappa shape index (κ2) is 7.27. The first kappa shape index (κ1) is 16.3. The maximum Gasteiger partial charge on any atom is 0.194 e. The van der Waals surface area contributed by atoms with Crippen molar-refractivity contribution in [3.63, 3.8) is 0 Å². The van der Waals surface area contributed by atoms with Crippen LogP contribution in [0.2, 0.25) is 0 Å². The highest BCUT2D eigenvalue weighted by molar-refractivity contribution is 5.24. The number of hydrogen-bond donors (Lipinski definition) is 1. The monoisotopic (exact) mass is 300 g/mol. The molecule has 0 spiro atoms. The van der Waals surface area contributed by atoms with Gasteiger partial charge in [-0.1, -0.05) is 13.3 Å². The fourth-order valence-electron chi connectivity index (χ4n) is 3.38. The predicted molar refractivity (Wildman–Crippen MR) is 77.6 cm³/mol. The molecule has 0 saturated carbocycles. The van der Waals surface area contributed by atoms with Crippen molar-refractivity contribution in [1.29, 1.82) is 0 Å². The zero-order valence-electron chi connectivity index (χ0n) is 12.6. The molecule has 0 bridgehead atoms. The van der Waals surface area contributed by atoms with Crippen LogP contribution in [0.1, 0.15) is 37.8 Å². The molecule has 118 valence electrons. The van der Waals surface area contributed by atoms with Gasteiger partial charge in [-0.25, -0.2) is 13.2 Å². The molecule has 1 aromatic carbocycles. The summed E-state index contributed by atoms with van der Waals surface area (Å²) < 4.78 is 40.4. The van der Waals surface area contributed by atoms with Crippen LogP contribution in [-0.4, -0.2) is 31.6 Å². The highest BCUT2D eigenvalue weighted by Crippen LogP contribution is 2.35. The van der Waals surface area contributed by atoms with Crippen LogP contribution < -0.4 is 5.32 Å². The number of hydrogen-bond acceptors (Lipinski definition) is 2. The Morgan fingerprint density at radius 3 is 2.43 bits per heavy atom. The predicted octanol–water partition coefficient (Wildman–Crippen LogP) is 3.49. The normalized spacial score (nSPS) is 24.0. The smallest absolute Gasteiger partial charge is 0.194 e. The van der Waals surface area contributed by atoms with Gasteiger partial charge in [-0.2, -0.15) is 0 Å². The van der Waals surface area contributed by atoms with E-state index in [-0.39, 0.29) is 12.0 Å². The summed E-state index contributed by atoms with van der Waals surface area (Å²) in [4.78, 5) is 2.24. The van der Waals surface area contributed by atoms with Crippen molar-refractivity contribution in [2.45, 2.75) is 32.2 Å². The van der Waals surface area contributed by atoms with Gasteiger partial charge in [0.1, 0.15) is 0 Å². The van der Waals surface area contributed by atoms with E-state index in [4.69, 9.17) is 0 Å². The molecule has 1 saturated heterocycles. The van der Waals surface area contributed by atoms with Gasteiger partial charge in [-0.3, -0.25) is 4.90 Å². The Balaban J connectivity index is 2.41. The summed E-state index contributed by atoms with van der Waals surface area (Å²) in [6, 6.07) is 2.23. The quantitative estimate of drug-likeness (QED) is 0.856. The van der Waals surface area contributed by atoms with Gasteiger partial charge in [0.15, 0.2) is 17.5 Å². The Morgan fingerprint density at radius 1 is 1.19 bits per heavy atom. The molecule has 2 unspecified atom stereocenters. The van der Waals surface area contributed by atoms with E-state index in [1.807, 2.05) is 14.0 Å². The fraction of sp³-hybridized carbons (Fsp3) is 0.625. The standard InChI is InChI=1S/C16H23F3N2/c1-3-21-7-5-4-6-11(10-20-2)16(21)12-8-13(17)15(19)14(18)9-12/h8-9,11,16,20H,3-7,10H2,1-2H3. The van der Waals surface area contributed by atoms with Crippen LogP contribution in [0, 0.1) is 23.4 Å². The summed E-state index contributed by atoms with van der Waals surface area (Å²) in [5.74, 6) is -3.33. The molecule has 1 heterocycles. The van der Waals surface area contributed by atoms with E-state index < -0.39 is 17.5 Å². The molecular formula is C16H23F3N2. The van der Waals surface area contributed by atoms with Crippen LogP contribution >= 0.6 is 0 Å². The lowest BCUT2D eigenvalue weighted by Gasteiger charge is -2.35. The van der Waals surface area contributed by atoms with E-state index in [1.165, 1.54) is 0 Å². The van der Waals surface area contributed by atoms with Crippen molar-refractivity contribution in [2.75, 3.05) is 26.7 Å². The molecule has 21 heavy (non-hydrogen) atoms. The van der Waals surface area contributed by atoms with E-state index in [0.29, 0.717) is 5.56 Å². The average Bonchev–Trinajstić information content (AvgIpc) is 2.66. The van der Waals surface area contributed by atoms with Crippen LogP contribution in [0.4, 0.5) is 13.2 Å². The molecule has 1 N–H and O–H groups in total. The van der Waals surface area contributed by atoms with E-state index in [9.17, 15) is 13.2 Å². The maximum atomic E-state index is 13.6. The van der Waals surface area contributed by atoms with Crippen LogP contribution in [0.5, 0.6) is 0 Å². The summed E-state index contributed by atoms with van der Waals surface area (Å²) >= 11 is 0. The minimum atomic E-state index is -1.39. The van der Waals surface area contributed by atoms with Gasteiger partial charge in [0.25, 0.3) is 0 Å². The van der Waals surface area contributed by atoms with Crippen LogP contribution in [0.15, 0.2) is 12.1 Å². The highest BCUT2D eigenvalue weighted by Gasteiger charge is 2.31. The maximum absolute atomic E-state index is 13.6. The zero-order valence-corrected chi connectivity index (χ0v) is 12.6. The van der Waals surface area contributed by atoms with Crippen LogP contribution in [0.25, 0.3) is 0 Å². The number of benzene rings is 1. The van der Waals surface area contributed by atoms with Gasteiger partial charge in [-0.15, -0.1) is 0 Å². The molecule has 1 aliphatic heterocycles. The Morgan fingerprint density at radius 2 is 1.86 bits per heavy atom. The number of rotatable bonds is 4. The van der Waals surface area contributed by atoms with Crippen molar-refractivity contribution in [3.8, 4) is 0 Å². The molecule has 0 amide bonds. The van der Waals surface area contributed by atoms with Gasteiger partial charge in [0, 0.05) is 6.04 Å². The topological polar surface area (TPSA) is 15.3 Å². The molecule has 2 rings (SSSR count). The Labute approximate surface area is 124 Å². The summed E-state index contributed by atoms with van der Waals surface area (Å²) in [5, 5.41) is 3.16. The second-order valence-corrected chi connectivity index (χ2v) is 5.69. The van der Waals surface area contributed by atoms with Crippen molar-refractivity contribution in [2.24, 2.45) is 5.92 Å². The Kier molecular flexibility index (Phi) is 5.65. The Hall–Kier alpha value is -1.07. The molecule has 2 nitrogen and oxygen atoms in total. The summed E-state index contributed by atoms with van der Waals surface area (Å²) in [6.07, 6.45) is 3.19. The first-order chi connectivity index (χ1) is 10.1. The lowest BCUT2D eigenvalue weighted by atomic mass is 9.89. The third kappa shape index (κ3) is 3.58. The SMILES string of the molecule is CCN1CCCCC(CNC)C1c1cc(F)c(F)c(F)c1. The number of nitrogens with zero attached hydrogens (tertiary/aromatic N) is 1. The van der Waals surface area contributed by atoms with Gasteiger partial charge < -0.3 is 5.32 Å². The molecule has 2 atom stereocenters. The molecule has 0 aromatic heterocycles. The zero-order chi connectivity index (χ0) is 15.4. The van der Waals surface area contributed by atoms with Gasteiger partial charge in [-0.05, 0) is 63.1 Å². The first-order valence-corrected chi connectivity index (χ1v) is 7.61. The van der Waals surface area contributed by atoms with E-state index in [2.05, 4.69) is 10.2 Å². The molecule has 1 aromatic rings. The van der Waals surface area contributed by atoms with Gasteiger partial charge in [0.05, 0.1) is 0 Å². The average molecular weight is 300 g/mol. The lowest BCUT2D eigenvalue weighted by Crippen LogP contribution is -2.36. The van der Waals surface area contributed by atoms with Crippen LogP contribution in [0.3, 0.4) is 0 Å². The van der Waals surface area contributed by atoms with Crippen molar-refractivity contribution < 1.29 is 13.2 Å². The third-order valence-corrected chi connectivity index (χ3v) is 4.33. The highest BCUT2D eigenvalue weighted by atomic mass is 19.2. The third-order valence-electron chi connectivity index (χ3n) is 4.33. The fourth-order valence-corrected chi connectivity index (χ4v) is 3.38. The van der Waals surface area contributed by atoms with Crippen LogP contribution in [-0.2, 0) is 0 Å². The number of nitrogens with one attached hydrogen (secondary N) is 1. The number of likely N-dealkylation sites (tertiary alicyclic amines) is 1. The summed E-state index contributed by atoms with van der Waals surface area (Å²) in [5.41, 5.74) is 0.537. The minimum absolute atomic E-state index is 0.0745. The molecule has 1 aliphatic rings. The van der Waals surface area contributed by atoms with Crippen molar-refractivity contribution in [3.05, 3.63) is 35.1 Å². The van der Waals surface area contributed by atoms with E-state index >= 15 is 0 Å². The lowest BCUT2D eigenvalue weighted by molar-refractivity contribution is 0.161. The summed E-state index contributed by atoms with van der Waals surface area (Å²) in [7, 11) is 1.88. The molecule has 0 aliphatic carbocycles. The summed E-state index contributed by atoms with van der Waals surface area (Å²) in [6.45, 7) is 4.54. The molecule has 1 fully saturated rings.